The van der Waals surface area contributed by atoms with Crippen molar-refractivity contribution in [1.29, 1.82) is 0 Å². The van der Waals surface area contributed by atoms with Crippen molar-refractivity contribution in [3.05, 3.63) is 59.1 Å². The molecule has 144 valence electrons. The van der Waals surface area contributed by atoms with Gasteiger partial charge in [-0.2, -0.15) is 0 Å². The van der Waals surface area contributed by atoms with Crippen LogP contribution in [0.2, 0.25) is 0 Å². The van der Waals surface area contributed by atoms with Crippen LogP contribution < -0.4 is 0 Å². The topological polar surface area (TPSA) is 27.7 Å². The van der Waals surface area contributed by atoms with E-state index in [4.69, 9.17) is 14.2 Å². The summed E-state index contributed by atoms with van der Waals surface area (Å²) in [6.45, 7) is 7.99. The lowest BCUT2D eigenvalue weighted by atomic mass is 9.96. The zero-order valence-electron chi connectivity index (χ0n) is 15.8. The first kappa shape index (κ1) is 20.4. The molecule has 0 radical (unpaired) electrons. The predicted molar refractivity (Wildman–Crippen MR) is 98.6 cm³/mol. The summed E-state index contributed by atoms with van der Waals surface area (Å²) in [6, 6.07) is 0. The van der Waals surface area contributed by atoms with Crippen LogP contribution in [0.3, 0.4) is 0 Å². The Morgan fingerprint density at radius 2 is 2.00 bits per heavy atom. The van der Waals surface area contributed by atoms with E-state index in [9.17, 15) is 8.78 Å². The molecule has 1 aliphatic heterocycles. The largest absolute Gasteiger partial charge is 0.498 e. The van der Waals surface area contributed by atoms with Gasteiger partial charge in [0.05, 0.1) is 25.6 Å². The van der Waals surface area contributed by atoms with Crippen LogP contribution in [0.4, 0.5) is 8.78 Å². The van der Waals surface area contributed by atoms with Crippen LogP contribution in [-0.4, -0.2) is 26.4 Å². The zero-order valence-corrected chi connectivity index (χ0v) is 15.8. The van der Waals surface area contributed by atoms with Gasteiger partial charge in [0.2, 0.25) is 0 Å². The number of rotatable bonds is 7. The second-order valence-electron chi connectivity index (χ2n) is 6.68. The van der Waals surface area contributed by atoms with Gasteiger partial charge in [-0.25, -0.2) is 8.78 Å². The van der Waals surface area contributed by atoms with Crippen molar-refractivity contribution in [3.63, 3.8) is 0 Å². The van der Waals surface area contributed by atoms with E-state index >= 15 is 0 Å². The Labute approximate surface area is 154 Å². The Kier molecular flexibility index (Phi) is 7.64. The minimum atomic E-state index is -0.954. The lowest BCUT2D eigenvalue weighted by Gasteiger charge is -2.28. The molecule has 0 N–H and O–H groups in total. The van der Waals surface area contributed by atoms with E-state index in [1.54, 1.807) is 13.0 Å². The molecule has 2 atom stereocenters. The fourth-order valence-corrected chi connectivity index (χ4v) is 2.94. The van der Waals surface area contributed by atoms with Crippen LogP contribution >= 0.6 is 0 Å². The van der Waals surface area contributed by atoms with E-state index in [-0.39, 0.29) is 11.9 Å². The number of hydrogen-bond donors (Lipinski definition) is 0. The predicted octanol–water partition coefficient (Wildman–Crippen LogP) is 5.68. The second-order valence-corrected chi connectivity index (χ2v) is 6.68. The molecule has 26 heavy (non-hydrogen) atoms. The van der Waals surface area contributed by atoms with Gasteiger partial charge in [0, 0.05) is 12.3 Å². The van der Waals surface area contributed by atoms with Gasteiger partial charge in [0.1, 0.15) is 12.4 Å². The summed E-state index contributed by atoms with van der Waals surface area (Å²) in [5.41, 5.74) is 1.05. The lowest BCUT2D eigenvalue weighted by Crippen LogP contribution is -2.28. The van der Waals surface area contributed by atoms with Crippen molar-refractivity contribution in [3.8, 4) is 0 Å². The molecule has 1 aliphatic carbocycles. The molecule has 1 heterocycles. The molecule has 0 saturated carbocycles. The first-order valence-corrected chi connectivity index (χ1v) is 9.00. The van der Waals surface area contributed by atoms with Gasteiger partial charge < -0.3 is 14.2 Å². The molecule has 0 spiro atoms. The van der Waals surface area contributed by atoms with Gasteiger partial charge in [-0.05, 0) is 50.3 Å². The highest BCUT2D eigenvalue weighted by molar-refractivity contribution is 5.42. The molecular formula is C21H28F2O3. The van der Waals surface area contributed by atoms with E-state index in [0.29, 0.717) is 37.5 Å². The average Bonchev–Trinajstić information content (AvgIpc) is 2.70. The quantitative estimate of drug-likeness (QED) is 0.330. The van der Waals surface area contributed by atoms with Crippen molar-refractivity contribution in [2.75, 3.05) is 20.3 Å². The maximum atomic E-state index is 14.2. The summed E-state index contributed by atoms with van der Waals surface area (Å²) in [6.07, 6.45) is 8.96. The molecule has 1 fully saturated rings. The van der Waals surface area contributed by atoms with Crippen molar-refractivity contribution >= 4 is 0 Å². The van der Waals surface area contributed by atoms with Crippen molar-refractivity contribution in [2.24, 2.45) is 5.92 Å². The number of allylic oxidation sites excluding steroid dienone is 8. The van der Waals surface area contributed by atoms with Crippen molar-refractivity contribution in [1.82, 2.24) is 0 Å². The molecular weight excluding hydrogens is 338 g/mol. The molecule has 0 amide bonds. The highest BCUT2D eigenvalue weighted by Crippen LogP contribution is 2.31. The minimum absolute atomic E-state index is 0.0657. The normalized spacial score (nSPS) is 25.4. The monoisotopic (exact) mass is 366 g/mol. The Morgan fingerprint density at radius 1 is 1.23 bits per heavy atom. The smallest absolute Gasteiger partial charge is 0.196 e. The molecule has 2 rings (SSSR count). The molecule has 1 saturated heterocycles. The maximum Gasteiger partial charge on any atom is 0.196 e. The molecule has 0 aromatic heterocycles. The minimum Gasteiger partial charge on any atom is -0.498 e. The fraction of sp³-hybridized carbons (Fsp3) is 0.524. The zero-order chi connectivity index (χ0) is 19.1. The number of ether oxygens (including phenoxy) is 3. The van der Waals surface area contributed by atoms with Gasteiger partial charge >= 0.3 is 0 Å². The molecule has 5 heteroatoms. The summed E-state index contributed by atoms with van der Waals surface area (Å²) < 4.78 is 44.5. The summed E-state index contributed by atoms with van der Waals surface area (Å²) in [4.78, 5) is 0. The third-order valence-electron chi connectivity index (χ3n) is 4.92. The van der Waals surface area contributed by atoms with Crippen LogP contribution in [0.25, 0.3) is 0 Å². The first-order chi connectivity index (χ1) is 12.5. The van der Waals surface area contributed by atoms with Gasteiger partial charge in [-0.3, -0.25) is 0 Å². The molecule has 0 aromatic rings. The average molecular weight is 366 g/mol. The van der Waals surface area contributed by atoms with E-state index in [1.807, 2.05) is 12.2 Å². The Morgan fingerprint density at radius 3 is 2.54 bits per heavy atom. The highest BCUT2D eigenvalue weighted by atomic mass is 19.2. The van der Waals surface area contributed by atoms with Gasteiger partial charge in [0.15, 0.2) is 11.7 Å². The van der Waals surface area contributed by atoms with E-state index in [0.717, 1.165) is 24.2 Å². The van der Waals surface area contributed by atoms with Crippen molar-refractivity contribution in [2.45, 2.75) is 45.6 Å². The number of halogens is 2. The van der Waals surface area contributed by atoms with Gasteiger partial charge in [-0.15, -0.1) is 6.58 Å². The van der Waals surface area contributed by atoms with Gasteiger partial charge in [0.25, 0.3) is 0 Å². The second kappa shape index (κ2) is 9.72. The third-order valence-corrected chi connectivity index (χ3v) is 4.92. The van der Waals surface area contributed by atoms with Crippen LogP contribution in [0.1, 0.15) is 39.5 Å². The van der Waals surface area contributed by atoms with E-state index in [2.05, 4.69) is 6.58 Å². The number of hydrogen-bond acceptors (Lipinski definition) is 3. The molecule has 0 aromatic carbocycles. The Hall–Kier alpha value is -1.88. The molecule has 2 aliphatic rings. The van der Waals surface area contributed by atoms with Crippen LogP contribution in [0.5, 0.6) is 0 Å². The molecule has 2 unspecified atom stereocenters. The summed E-state index contributed by atoms with van der Waals surface area (Å²) in [7, 11) is 1.32. The third kappa shape index (κ3) is 5.31. The number of methoxy groups -OCH3 is 1. The lowest BCUT2D eigenvalue weighted by molar-refractivity contribution is -0.0413. The van der Waals surface area contributed by atoms with E-state index < -0.39 is 11.7 Å². The molecule has 0 bridgehead atoms. The van der Waals surface area contributed by atoms with E-state index in [1.165, 1.54) is 14.0 Å². The first-order valence-electron chi connectivity index (χ1n) is 9.00. The van der Waals surface area contributed by atoms with Crippen molar-refractivity contribution < 1.29 is 23.0 Å². The Balaban J connectivity index is 1.93. The van der Waals surface area contributed by atoms with Crippen LogP contribution in [0.15, 0.2) is 59.1 Å². The maximum absolute atomic E-state index is 14.2. The van der Waals surface area contributed by atoms with Crippen LogP contribution in [-0.2, 0) is 14.2 Å². The summed E-state index contributed by atoms with van der Waals surface area (Å²) >= 11 is 0. The van der Waals surface area contributed by atoms with Gasteiger partial charge in [-0.1, -0.05) is 12.2 Å². The van der Waals surface area contributed by atoms with Crippen LogP contribution in [0, 0.1) is 5.92 Å². The summed E-state index contributed by atoms with van der Waals surface area (Å²) in [5, 5.41) is 0. The fourth-order valence-electron chi connectivity index (χ4n) is 2.94. The Bertz CT molecular complexity index is 636. The highest BCUT2D eigenvalue weighted by Gasteiger charge is 2.21. The standard InChI is InChI=1S/C21H28F2O3/c1-5-16-6-9-19(25-12-16)13-26-18-10-7-17(8-11-18)14(2)20(22)21(23)15(3)24-4/h5,7,10,16,19H,1,6,8-9,11-13H2,2-4H3/b20-14-,21-15-. The summed E-state index contributed by atoms with van der Waals surface area (Å²) in [5.74, 6) is -0.610. The molecule has 3 nitrogen and oxygen atoms in total. The SMILES string of the molecule is C=CC1CCC(COC2=CC=C(/C(C)=C(F)/C(F)=C(\C)OC)CC2)OC1.